The van der Waals surface area contributed by atoms with E-state index in [0.717, 1.165) is 31.5 Å². The lowest BCUT2D eigenvalue weighted by Gasteiger charge is -2.40. The lowest BCUT2D eigenvalue weighted by atomic mass is 9.77. The number of nitrogens with one attached hydrogen (secondary N) is 1. The van der Waals surface area contributed by atoms with Gasteiger partial charge in [0, 0.05) is 46.2 Å². The Morgan fingerprint density at radius 3 is 2.69 bits per heavy atom. The second-order valence-corrected chi connectivity index (χ2v) is 8.86. The second-order valence-electron chi connectivity index (χ2n) is 8.86. The summed E-state index contributed by atoms with van der Waals surface area (Å²) in [4.78, 5) is 24.8. The highest BCUT2D eigenvalue weighted by molar-refractivity contribution is 6.12. The summed E-state index contributed by atoms with van der Waals surface area (Å²) >= 11 is 0. The molecule has 0 spiro atoms. The Bertz CT molecular complexity index is 669. The van der Waals surface area contributed by atoms with E-state index in [4.69, 9.17) is 19.2 Å². The monoisotopic (exact) mass is 406 g/mol. The van der Waals surface area contributed by atoms with Crippen molar-refractivity contribution in [2.24, 2.45) is 27.7 Å². The van der Waals surface area contributed by atoms with Crippen LogP contribution in [0.2, 0.25) is 0 Å². The quantitative estimate of drug-likeness (QED) is 0.728. The maximum absolute atomic E-state index is 13.2. The number of carbonyl (C=O) groups excluding carboxylic acids is 1. The van der Waals surface area contributed by atoms with Crippen molar-refractivity contribution in [2.45, 2.75) is 56.7 Å². The molecule has 0 bridgehead atoms. The Hall–Kier alpha value is -1.35. The molecule has 4 aliphatic rings. The molecule has 1 amide bonds. The number of fused-ring (bicyclic) bond motifs is 1. The van der Waals surface area contributed by atoms with Crippen LogP contribution in [0.4, 0.5) is 0 Å². The number of likely N-dealkylation sites (tertiary alicyclic amines) is 1. The molecule has 2 fully saturated rings. The molecule has 0 aromatic heterocycles. The highest BCUT2D eigenvalue weighted by Gasteiger charge is 2.48. The van der Waals surface area contributed by atoms with Gasteiger partial charge in [0.1, 0.15) is 6.23 Å². The number of piperidine rings is 1. The van der Waals surface area contributed by atoms with Gasteiger partial charge in [0.05, 0.1) is 43.3 Å². The zero-order valence-electron chi connectivity index (χ0n) is 17.9. The highest BCUT2D eigenvalue weighted by Crippen LogP contribution is 2.37. The van der Waals surface area contributed by atoms with Gasteiger partial charge in [-0.3, -0.25) is 20.1 Å². The molecule has 0 aromatic carbocycles. The predicted molar refractivity (Wildman–Crippen MR) is 110 cm³/mol. The van der Waals surface area contributed by atoms with Crippen LogP contribution in [-0.2, 0) is 19.0 Å². The van der Waals surface area contributed by atoms with Crippen molar-refractivity contribution in [2.75, 3.05) is 41.0 Å². The van der Waals surface area contributed by atoms with Crippen LogP contribution < -0.4 is 5.32 Å². The Morgan fingerprint density at radius 2 is 1.97 bits per heavy atom. The van der Waals surface area contributed by atoms with E-state index in [1.165, 1.54) is 0 Å². The third kappa shape index (κ3) is 4.00. The van der Waals surface area contributed by atoms with Crippen LogP contribution in [0.5, 0.6) is 0 Å². The average Bonchev–Trinajstić information content (AvgIpc) is 3.10. The lowest BCUT2D eigenvalue weighted by molar-refractivity contribution is -0.134. The Kier molecular flexibility index (Phi) is 6.34. The van der Waals surface area contributed by atoms with E-state index in [9.17, 15) is 4.79 Å². The van der Waals surface area contributed by atoms with E-state index < -0.39 is 0 Å². The minimum Gasteiger partial charge on any atom is -0.377 e. The molecule has 8 nitrogen and oxygen atoms in total. The number of aliphatic imine (C=N–C) groups is 2. The van der Waals surface area contributed by atoms with Crippen LogP contribution in [0.3, 0.4) is 0 Å². The molecular weight excluding hydrogens is 372 g/mol. The number of hydrogen-bond acceptors (Lipinski definition) is 7. The van der Waals surface area contributed by atoms with E-state index in [1.807, 2.05) is 11.1 Å². The normalized spacial score (nSPS) is 42.7. The summed E-state index contributed by atoms with van der Waals surface area (Å²) in [6, 6.07) is 0.330. The van der Waals surface area contributed by atoms with Crippen molar-refractivity contribution in [1.29, 1.82) is 0 Å². The van der Waals surface area contributed by atoms with Gasteiger partial charge in [-0.1, -0.05) is 6.92 Å². The van der Waals surface area contributed by atoms with Crippen LogP contribution in [-0.4, -0.2) is 94.2 Å². The number of hydrogen-bond donors (Lipinski definition) is 1. The third-order valence-electron chi connectivity index (χ3n) is 7.14. The van der Waals surface area contributed by atoms with Gasteiger partial charge >= 0.3 is 0 Å². The van der Waals surface area contributed by atoms with E-state index >= 15 is 0 Å². The molecular formula is C21H34N4O4. The molecule has 0 aliphatic carbocycles. The fourth-order valence-electron chi connectivity index (χ4n) is 5.49. The molecule has 0 saturated carbocycles. The van der Waals surface area contributed by atoms with E-state index in [1.54, 1.807) is 21.3 Å². The van der Waals surface area contributed by atoms with Gasteiger partial charge in [0.15, 0.2) is 0 Å². The number of nitrogens with zero attached hydrogens (tertiary/aromatic N) is 3. The second kappa shape index (κ2) is 8.79. The van der Waals surface area contributed by atoms with Crippen LogP contribution in [0.25, 0.3) is 0 Å². The SMILES string of the molecule is COC1C=NCC(N2CC3=NC(C4CNC(OC)C(OC)C4)CC(C)C3C2=O)C1. The fraction of sp³-hybridized carbons (Fsp3) is 0.857. The molecule has 162 valence electrons. The van der Waals surface area contributed by atoms with Gasteiger partial charge in [-0.25, -0.2) is 0 Å². The fourth-order valence-corrected chi connectivity index (χ4v) is 5.49. The molecule has 0 aromatic rings. The molecule has 8 heteroatoms. The van der Waals surface area contributed by atoms with Crippen molar-refractivity contribution < 1.29 is 19.0 Å². The van der Waals surface area contributed by atoms with E-state index in [0.29, 0.717) is 24.9 Å². The van der Waals surface area contributed by atoms with Gasteiger partial charge in [-0.05, 0) is 24.7 Å². The first-order chi connectivity index (χ1) is 14.0. The smallest absolute Gasteiger partial charge is 0.232 e. The Labute approximate surface area is 173 Å². The zero-order chi connectivity index (χ0) is 20.5. The van der Waals surface area contributed by atoms with Crippen molar-refractivity contribution in [3.8, 4) is 0 Å². The van der Waals surface area contributed by atoms with Crippen molar-refractivity contribution in [3.63, 3.8) is 0 Å². The van der Waals surface area contributed by atoms with Gasteiger partial charge in [0.2, 0.25) is 5.91 Å². The van der Waals surface area contributed by atoms with E-state index in [-0.39, 0.29) is 42.3 Å². The van der Waals surface area contributed by atoms with Crippen LogP contribution >= 0.6 is 0 Å². The van der Waals surface area contributed by atoms with Gasteiger partial charge < -0.3 is 19.1 Å². The maximum atomic E-state index is 13.2. The van der Waals surface area contributed by atoms with Crippen molar-refractivity contribution >= 4 is 17.8 Å². The standard InChI is InChI=1S/C21H34N4O4/c1-12-5-16(13-6-18(28-3)20(29-4)23-8-13)24-17-11-25(21(26)19(12)17)14-7-15(27-2)10-22-9-14/h10,12-16,18-20,23H,5-9,11H2,1-4H3. The number of carbonyl (C=O) groups is 1. The van der Waals surface area contributed by atoms with Gasteiger partial charge in [-0.2, -0.15) is 0 Å². The minimum atomic E-state index is -0.0698. The molecule has 8 atom stereocenters. The number of ether oxygens (including phenoxy) is 3. The van der Waals surface area contributed by atoms with Crippen molar-refractivity contribution in [1.82, 2.24) is 10.2 Å². The van der Waals surface area contributed by atoms with Gasteiger partial charge in [-0.15, -0.1) is 0 Å². The number of methoxy groups -OCH3 is 3. The van der Waals surface area contributed by atoms with Crippen molar-refractivity contribution in [3.05, 3.63) is 0 Å². The highest BCUT2D eigenvalue weighted by atomic mass is 16.5. The summed E-state index contributed by atoms with van der Waals surface area (Å²) < 4.78 is 16.6. The minimum absolute atomic E-state index is 0.00990. The molecule has 1 N–H and O–H groups in total. The number of amides is 1. The average molecular weight is 407 g/mol. The molecule has 29 heavy (non-hydrogen) atoms. The topological polar surface area (TPSA) is 84.8 Å². The molecule has 2 saturated heterocycles. The zero-order valence-corrected chi connectivity index (χ0v) is 17.9. The number of rotatable bonds is 5. The third-order valence-corrected chi connectivity index (χ3v) is 7.14. The summed E-state index contributed by atoms with van der Waals surface area (Å²) in [6.45, 7) is 4.36. The molecule has 4 rings (SSSR count). The Morgan fingerprint density at radius 1 is 1.14 bits per heavy atom. The van der Waals surface area contributed by atoms with E-state index in [2.05, 4.69) is 17.2 Å². The maximum Gasteiger partial charge on any atom is 0.232 e. The Balaban J connectivity index is 1.48. The molecule has 8 unspecified atom stereocenters. The first kappa shape index (κ1) is 20.9. The lowest BCUT2D eigenvalue weighted by Crippen LogP contribution is -2.53. The summed E-state index contributed by atoms with van der Waals surface area (Å²) in [7, 11) is 5.14. The summed E-state index contributed by atoms with van der Waals surface area (Å²) in [5.74, 6) is 0.849. The molecule has 4 aliphatic heterocycles. The largest absolute Gasteiger partial charge is 0.377 e. The summed E-state index contributed by atoms with van der Waals surface area (Å²) in [5, 5.41) is 3.45. The first-order valence-corrected chi connectivity index (χ1v) is 10.7. The van der Waals surface area contributed by atoms with Crippen LogP contribution in [0.1, 0.15) is 26.2 Å². The molecule has 4 heterocycles. The summed E-state index contributed by atoms with van der Waals surface area (Å²) in [6.07, 6.45) is 4.48. The van der Waals surface area contributed by atoms with Crippen LogP contribution in [0.15, 0.2) is 9.98 Å². The van der Waals surface area contributed by atoms with Crippen LogP contribution in [0, 0.1) is 17.8 Å². The summed E-state index contributed by atoms with van der Waals surface area (Å²) in [5.41, 5.74) is 1.06. The predicted octanol–water partition coefficient (Wildman–Crippen LogP) is 0.749. The molecule has 0 radical (unpaired) electrons. The first-order valence-electron chi connectivity index (χ1n) is 10.7. The van der Waals surface area contributed by atoms with Gasteiger partial charge in [0.25, 0.3) is 0 Å².